The lowest BCUT2D eigenvalue weighted by atomic mass is 10.2. The Morgan fingerprint density at radius 1 is 0.917 bits per heavy atom. The average molecular weight is 383 g/mol. The predicted molar refractivity (Wildman–Crippen MR) is 98.6 cm³/mol. The van der Waals surface area contributed by atoms with E-state index in [-0.39, 0.29) is 11.6 Å². The molecule has 0 unspecified atom stereocenters. The molecule has 3 aromatic rings. The fourth-order valence-electron chi connectivity index (χ4n) is 2.02. The van der Waals surface area contributed by atoms with Crippen molar-refractivity contribution in [2.75, 3.05) is 10.6 Å². The maximum atomic E-state index is 12.2. The van der Waals surface area contributed by atoms with Crippen LogP contribution < -0.4 is 10.6 Å². The van der Waals surface area contributed by atoms with Crippen LogP contribution in [0, 0.1) is 6.92 Å². The molecular weight excluding hydrogens is 368 g/mol. The SMILES string of the molecule is Cc1ccc(NC(=O)c2cnc(Nc3ccc(Br)cc3)cn2)cc1. The van der Waals surface area contributed by atoms with Crippen LogP contribution >= 0.6 is 15.9 Å². The molecule has 1 heterocycles. The summed E-state index contributed by atoms with van der Waals surface area (Å²) in [4.78, 5) is 20.6. The van der Waals surface area contributed by atoms with E-state index in [2.05, 4.69) is 36.5 Å². The van der Waals surface area contributed by atoms with E-state index < -0.39 is 0 Å². The first-order valence-electron chi connectivity index (χ1n) is 7.33. The van der Waals surface area contributed by atoms with E-state index in [0.717, 1.165) is 21.4 Å². The summed E-state index contributed by atoms with van der Waals surface area (Å²) in [6.07, 6.45) is 2.98. The van der Waals surface area contributed by atoms with Gasteiger partial charge in [0.1, 0.15) is 11.5 Å². The lowest BCUT2D eigenvalue weighted by Crippen LogP contribution is -2.14. The van der Waals surface area contributed by atoms with Gasteiger partial charge in [0.2, 0.25) is 0 Å². The molecule has 0 saturated carbocycles. The molecular formula is C18H15BrN4O. The van der Waals surface area contributed by atoms with Crippen molar-refractivity contribution in [2.24, 2.45) is 0 Å². The molecule has 2 aromatic carbocycles. The van der Waals surface area contributed by atoms with Crippen molar-refractivity contribution >= 4 is 39.0 Å². The number of hydrogen-bond donors (Lipinski definition) is 2. The number of anilines is 3. The molecule has 0 bridgehead atoms. The lowest BCUT2D eigenvalue weighted by molar-refractivity contribution is 0.102. The van der Waals surface area contributed by atoms with Crippen LogP contribution in [0.4, 0.5) is 17.2 Å². The zero-order chi connectivity index (χ0) is 16.9. The van der Waals surface area contributed by atoms with Gasteiger partial charge in [0.15, 0.2) is 0 Å². The van der Waals surface area contributed by atoms with E-state index in [9.17, 15) is 4.79 Å². The van der Waals surface area contributed by atoms with Crippen LogP contribution in [0.1, 0.15) is 16.1 Å². The van der Waals surface area contributed by atoms with Crippen molar-refractivity contribution in [3.05, 3.63) is 76.7 Å². The van der Waals surface area contributed by atoms with E-state index in [1.54, 1.807) is 0 Å². The summed E-state index contributed by atoms with van der Waals surface area (Å²) in [6.45, 7) is 1.99. The lowest BCUT2D eigenvalue weighted by Gasteiger charge is -2.07. The first-order valence-corrected chi connectivity index (χ1v) is 8.12. The van der Waals surface area contributed by atoms with E-state index >= 15 is 0 Å². The quantitative estimate of drug-likeness (QED) is 0.694. The van der Waals surface area contributed by atoms with Crippen LogP contribution in [-0.4, -0.2) is 15.9 Å². The van der Waals surface area contributed by atoms with Gasteiger partial charge in [-0.2, -0.15) is 0 Å². The molecule has 0 spiro atoms. The summed E-state index contributed by atoms with van der Waals surface area (Å²) in [6, 6.07) is 15.3. The highest BCUT2D eigenvalue weighted by molar-refractivity contribution is 9.10. The van der Waals surface area contributed by atoms with Gasteiger partial charge in [0.05, 0.1) is 12.4 Å². The third-order valence-electron chi connectivity index (χ3n) is 3.31. The molecule has 120 valence electrons. The molecule has 0 aliphatic heterocycles. The zero-order valence-corrected chi connectivity index (χ0v) is 14.5. The minimum atomic E-state index is -0.290. The number of carbonyl (C=O) groups excluding carboxylic acids is 1. The number of halogens is 1. The van der Waals surface area contributed by atoms with Crippen molar-refractivity contribution in [2.45, 2.75) is 6.92 Å². The van der Waals surface area contributed by atoms with Crippen molar-refractivity contribution in [3.8, 4) is 0 Å². The Morgan fingerprint density at radius 2 is 1.58 bits per heavy atom. The Kier molecular flexibility index (Phi) is 4.86. The van der Waals surface area contributed by atoms with Crippen LogP contribution in [0.2, 0.25) is 0 Å². The van der Waals surface area contributed by atoms with E-state index in [0.29, 0.717) is 5.82 Å². The summed E-state index contributed by atoms with van der Waals surface area (Å²) in [7, 11) is 0. The highest BCUT2D eigenvalue weighted by Crippen LogP contribution is 2.17. The van der Waals surface area contributed by atoms with Gasteiger partial charge in [0.25, 0.3) is 5.91 Å². The summed E-state index contributed by atoms with van der Waals surface area (Å²) in [5, 5.41) is 5.92. The smallest absolute Gasteiger partial charge is 0.275 e. The fourth-order valence-corrected chi connectivity index (χ4v) is 2.29. The van der Waals surface area contributed by atoms with Gasteiger partial charge < -0.3 is 10.6 Å². The van der Waals surface area contributed by atoms with E-state index in [1.807, 2.05) is 55.5 Å². The molecule has 0 saturated heterocycles. The molecule has 0 atom stereocenters. The van der Waals surface area contributed by atoms with Crippen LogP contribution in [0.25, 0.3) is 0 Å². The zero-order valence-electron chi connectivity index (χ0n) is 13.0. The summed E-state index contributed by atoms with van der Waals surface area (Å²) in [5.74, 6) is 0.283. The standard InChI is InChI=1S/C18H15BrN4O/c1-12-2-6-15(7-3-12)23-18(24)16-10-21-17(11-20-16)22-14-8-4-13(19)5-9-14/h2-11H,1H3,(H,21,22)(H,23,24). The molecule has 0 fully saturated rings. The monoisotopic (exact) mass is 382 g/mol. The summed E-state index contributed by atoms with van der Waals surface area (Å²) >= 11 is 3.39. The Morgan fingerprint density at radius 3 is 2.21 bits per heavy atom. The summed E-state index contributed by atoms with van der Waals surface area (Å²) < 4.78 is 1.00. The fraction of sp³-hybridized carbons (Fsp3) is 0.0556. The van der Waals surface area contributed by atoms with Crippen molar-refractivity contribution in [3.63, 3.8) is 0 Å². The van der Waals surface area contributed by atoms with Crippen LogP contribution in [-0.2, 0) is 0 Å². The first-order chi connectivity index (χ1) is 11.6. The Hall–Kier alpha value is -2.73. The Bertz CT molecular complexity index is 830. The second-order valence-electron chi connectivity index (χ2n) is 5.24. The number of carbonyl (C=O) groups is 1. The predicted octanol–water partition coefficient (Wildman–Crippen LogP) is 4.54. The van der Waals surface area contributed by atoms with Crippen molar-refractivity contribution < 1.29 is 4.79 Å². The largest absolute Gasteiger partial charge is 0.339 e. The van der Waals surface area contributed by atoms with Gasteiger partial charge >= 0.3 is 0 Å². The normalized spacial score (nSPS) is 10.2. The molecule has 1 amide bonds. The number of benzene rings is 2. The maximum absolute atomic E-state index is 12.2. The molecule has 6 heteroatoms. The molecule has 0 aliphatic carbocycles. The van der Waals surface area contributed by atoms with Crippen LogP contribution in [0.15, 0.2) is 65.4 Å². The van der Waals surface area contributed by atoms with Crippen molar-refractivity contribution in [1.82, 2.24) is 9.97 Å². The molecule has 1 aromatic heterocycles. The Labute approximate surface area is 148 Å². The number of amides is 1. The highest BCUT2D eigenvalue weighted by Gasteiger charge is 2.08. The average Bonchev–Trinajstić information content (AvgIpc) is 2.59. The minimum Gasteiger partial charge on any atom is -0.339 e. The third-order valence-corrected chi connectivity index (χ3v) is 3.84. The molecule has 24 heavy (non-hydrogen) atoms. The summed E-state index contributed by atoms with van der Waals surface area (Å²) in [5.41, 5.74) is 3.02. The number of aromatic nitrogens is 2. The van der Waals surface area contributed by atoms with Crippen LogP contribution in [0.5, 0.6) is 0 Å². The Balaban J connectivity index is 1.66. The minimum absolute atomic E-state index is 0.261. The number of nitrogens with one attached hydrogen (secondary N) is 2. The van der Waals surface area contributed by atoms with Gasteiger partial charge in [0, 0.05) is 15.8 Å². The van der Waals surface area contributed by atoms with Gasteiger partial charge in [-0.05, 0) is 43.3 Å². The molecule has 0 aliphatic rings. The first kappa shape index (κ1) is 16.1. The maximum Gasteiger partial charge on any atom is 0.275 e. The van der Waals surface area contributed by atoms with Gasteiger partial charge in [-0.15, -0.1) is 0 Å². The highest BCUT2D eigenvalue weighted by atomic mass is 79.9. The molecule has 0 radical (unpaired) electrons. The van der Waals surface area contributed by atoms with Gasteiger partial charge in [-0.3, -0.25) is 4.79 Å². The van der Waals surface area contributed by atoms with E-state index in [1.165, 1.54) is 12.4 Å². The second-order valence-corrected chi connectivity index (χ2v) is 6.15. The van der Waals surface area contributed by atoms with Gasteiger partial charge in [-0.1, -0.05) is 33.6 Å². The topological polar surface area (TPSA) is 66.9 Å². The number of nitrogens with zero attached hydrogens (tertiary/aromatic N) is 2. The number of aryl methyl sites for hydroxylation is 1. The van der Waals surface area contributed by atoms with Gasteiger partial charge in [-0.25, -0.2) is 9.97 Å². The molecule has 2 N–H and O–H groups in total. The molecule has 3 rings (SSSR count). The molecule has 5 nitrogen and oxygen atoms in total. The van der Waals surface area contributed by atoms with Crippen LogP contribution in [0.3, 0.4) is 0 Å². The van der Waals surface area contributed by atoms with Crippen molar-refractivity contribution in [1.29, 1.82) is 0 Å². The number of hydrogen-bond acceptors (Lipinski definition) is 4. The third kappa shape index (κ3) is 4.17. The van der Waals surface area contributed by atoms with E-state index in [4.69, 9.17) is 0 Å². The number of rotatable bonds is 4. The second kappa shape index (κ2) is 7.23.